The van der Waals surface area contributed by atoms with Gasteiger partial charge in [0.05, 0.1) is 5.69 Å². The Morgan fingerprint density at radius 2 is 1.95 bits per heavy atom. The molecule has 6 heteroatoms. The fraction of sp³-hybridized carbons (Fsp3) is 0.462. The number of anilines is 2. The molecule has 0 atom stereocenters. The highest BCUT2D eigenvalue weighted by atomic mass is 15.1. The van der Waals surface area contributed by atoms with E-state index in [9.17, 15) is 0 Å². The summed E-state index contributed by atoms with van der Waals surface area (Å²) in [5.41, 5.74) is 3.27. The van der Waals surface area contributed by atoms with Gasteiger partial charge in [-0.25, -0.2) is 9.97 Å². The van der Waals surface area contributed by atoms with Crippen molar-refractivity contribution in [3.63, 3.8) is 0 Å². The highest BCUT2D eigenvalue weighted by Gasteiger charge is 2.06. The fourth-order valence-corrected chi connectivity index (χ4v) is 1.84. The van der Waals surface area contributed by atoms with Crippen LogP contribution in [0.25, 0.3) is 0 Å². The molecule has 0 aliphatic heterocycles. The smallest absolute Gasteiger partial charge is 0.131 e. The van der Waals surface area contributed by atoms with Crippen molar-refractivity contribution in [3.8, 4) is 0 Å². The molecule has 2 aromatic heterocycles. The lowest BCUT2D eigenvalue weighted by atomic mass is 10.2. The Balaban J connectivity index is 2.03. The summed E-state index contributed by atoms with van der Waals surface area (Å²) in [4.78, 5) is 8.39. The summed E-state index contributed by atoms with van der Waals surface area (Å²) in [5, 5.41) is 13.7. The number of hydrogen-bond donors (Lipinski definition) is 3. The maximum absolute atomic E-state index is 4.21. The molecule has 0 radical (unpaired) electrons. The third kappa shape index (κ3) is 3.43. The second-order valence-electron chi connectivity index (χ2n) is 4.85. The van der Waals surface area contributed by atoms with Gasteiger partial charge in [-0.3, -0.25) is 5.10 Å². The molecule has 0 saturated heterocycles. The molecular formula is C13H20N6. The topological polar surface area (TPSA) is 78.5 Å². The van der Waals surface area contributed by atoms with Crippen molar-refractivity contribution in [2.24, 2.45) is 0 Å². The molecule has 2 aromatic rings. The molecule has 0 aromatic carbocycles. The van der Waals surface area contributed by atoms with E-state index >= 15 is 0 Å². The number of nitrogens with zero attached hydrogens (tertiary/aromatic N) is 3. The van der Waals surface area contributed by atoms with Crippen molar-refractivity contribution in [2.75, 3.05) is 10.6 Å². The minimum absolute atomic E-state index is 0.348. The van der Waals surface area contributed by atoms with Gasteiger partial charge in [0.15, 0.2) is 0 Å². The minimum atomic E-state index is 0.348. The Morgan fingerprint density at radius 1 is 1.21 bits per heavy atom. The first-order chi connectivity index (χ1) is 9.06. The average molecular weight is 260 g/mol. The molecule has 19 heavy (non-hydrogen) atoms. The van der Waals surface area contributed by atoms with Gasteiger partial charge in [0.25, 0.3) is 0 Å². The van der Waals surface area contributed by atoms with E-state index in [1.165, 1.54) is 5.56 Å². The van der Waals surface area contributed by atoms with E-state index in [1.807, 2.05) is 19.9 Å². The summed E-state index contributed by atoms with van der Waals surface area (Å²) in [5.74, 6) is 1.63. The summed E-state index contributed by atoms with van der Waals surface area (Å²) in [7, 11) is 0. The minimum Gasteiger partial charge on any atom is -0.368 e. The largest absolute Gasteiger partial charge is 0.368 e. The van der Waals surface area contributed by atoms with Gasteiger partial charge in [0.2, 0.25) is 0 Å². The van der Waals surface area contributed by atoms with Crippen LogP contribution in [0.3, 0.4) is 0 Å². The molecule has 0 saturated carbocycles. The van der Waals surface area contributed by atoms with Crippen molar-refractivity contribution in [1.82, 2.24) is 20.2 Å². The molecule has 3 N–H and O–H groups in total. The highest BCUT2D eigenvalue weighted by Crippen LogP contribution is 2.14. The van der Waals surface area contributed by atoms with Crippen molar-refractivity contribution in [2.45, 2.75) is 40.3 Å². The first-order valence-corrected chi connectivity index (χ1v) is 6.39. The summed E-state index contributed by atoms with van der Waals surface area (Å²) in [6, 6.07) is 2.26. The number of hydrogen-bond acceptors (Lipinski definition) is 5. The zero-order chi connectivity index (χ0) is 13.8. The molecule has 6 nitrogen and oxygen atoms in total. The van der Waals surface area contributed by atoms with Crippen LogP contribution in [-0.2, 0) is 6.54 Å². The van der Waals surface area contributed by atoms with Gasteiger partial charge in [-0.1, -0.05) is 0 Å². The van der Waals surface area contributed by atoms with Gasteiger partial charge in [-0.15, -0.1) is 0 Å². The van der Waals surface area contributed by atoms with E-state index < -0.39 is 0 Å². The van der Waals surface area contributed by atoms with Crippen LogP contribution in [0.2, 0.25) is 0 Å². The van der Waals surface area contributed by atoms with E-state index in [0.29, 0.717) is 12.6 Å². The van der Waals surface area contributed by atoms with Gasteiger partial charge in [0.1, 0.15) is 18.0 Å². The first-order valence-electron chi connectivity index (χ1n) is 6.39. The summed E-state index contributed by atoms with van der Waals surface area (Å²) in [6.45, 7) is 8.86. The molecule has 0 amide bonds. The zero-order valence-corrected chi connectivity index (χ0v) is 11.8. The van der Waals surface area contributed by atoms with E-state index in [-0.39, 0.29) is 0 Å². The molecule has 0 fully saturated rings. The number of aromatic amines is 1. The van der Waals surface area contributed by atoms with E-state index in [0.717, 1.165) is 23.0 Å². The van der Waals surface area contributed by atoms with Crippen molar-refractivity contribution < 1.29 is 0 Å². The van der Waals surface area contributed by atoms with Crippen LogP contribution in [0, 0.1) is 13.8 Å². The lowest BCUT2D eigenvalue weighted by Gasteiger charge is -2.10. The van der Waals surface area contributed by atoms with E-state index in [1.54, 1.807) is 6.33 Å². The maximum Gasteiger partial charge on any atom is 0.131 e. The third-order valence-corrected chi connectivity index (χ3v) is 2.83. The van der Waals surface area contributed by atoms with Gasteiger partial charge in [-0.2, -0.15) is 5.10 Å². The number of H-pyrrole nitrogens is 1. The fourth-order valence-electron chi connectivity index (χ4n) is 1.84. The summed E-state index contributed by atoms with van der Waals surface area (Å²) < 4.78 is 0. The first kappa shape index (κ1) is 13.3. The number of rotatable bonds is 5. The second kappa shape index (κ2) is 5.69. The normalized spacial score (nSPS) is 10.8. The molecule has 102 valence electrons. The van der Waals surface area contributed by atoms with Crippen LogP contribution >= 0.6 is 0 Å². The SMILES string of the molecule is Cc1n[nH]c(C)c1CNc1cc(NC(C)C)ncn1. The molecule has 0 bridgehead atoms. The van der Waals surface area contributed by atoms with Gasteiger partial charge in [0, 0.05) is 29.9 Å². The third-order valence-electron chi connectivity index (χ3n) is 2.83. The van der Waals surface area contributed by atoms with Crippen molar-refractivity contribution in [3.05, 3.63) is 29.3 Å². The Kier molecular flexibility index (Phi) is 3.99. The van der Waals surface area contributed by atoms with Crippen LogP contribution in [-0.4, -0.2) is 26.2 Å². The molecule has 0 aliphatic rings. The van der Waals surface area contributed by atoms with Crippen LogP contribution in [0.4, 0.5) is 11.6 Å². The predicted octanol–water partition coefficient (Wildman–Crippen LogP) is 2.25. The van der Waals surface area contributed by atoms with Crippen molar-refractivity contribution >= 4 is 11.6 Å². The molecule has 0 unspecified atom stereocenters. The standard InChI is InChI=1S/C13H20N6/c1-8(2)17-13-5-12(15-7-16-13)14-6-11-9(3)18-19-10(11)4/h5,7-8H,6H2,1-4H3,(H,18,19)(H2,14,15,16,17). The zero-order valence-electron chi connectivity index (χ0n) is 11.8. The lowest BCUT2D eigenvalue weighted by molar-refractivity contribution is 0.886. The van der Waals surface area contributed by atoms with Crippen LogP contribution in [0.1, 0.15) is 30.8 Å². The maximum atomic E-state index is 4.21. The molecule has 2 rings (SSSR count). The van der Waals surface area contributed by atoms with E-state index in [2.05, 4.69) is 44.6 Å². The van der Waals surface area contributed by atoms with E-state index in [4.69, 9.17) is 0 Å². The highest BCUT2D eigenvalue weighted by molar-refractivity contribution is 5.47. The predicted molar refractivity (Wildman–Crippen MR) is 76.2 cm³/mol. The lowest BCUT2D eigenvalue weighted by Crippen LogP contribution is -2.12. The van der Waals surface area contributed by atoms with Crippen LogP contribution < -0.4 is 10.6 Å². The Bertz CT molecular complexity index is 526. The Labute approximate surface area is 113 Å². The monoisotopic (exact) mass is 260 g/mol. The average Bonchev–Trinajstić information content (AvgIpc) is 2.66. The summed E-state index contributed by atoms with van der Waals surface area (Å²) in [6.07, 6.45) is 1.56. The molecular weight excluding hydrogens is 240 g/mol. The number of aromatic nitrogens is 4. The van der Waals surface area contributed by atoms with Crippen LogP contribution in [0.15, 0.2) is 12.4 Å². The van der Waals surface area contributed by atoms with Crippen LogP contribution in [0.5, 0.6) is 0 Å². The number of aryl methyl sites for hydroxylation is 2. The van der Waals surface area contributed by atoms with Gasteiger partial charge in [-0.05, 0) is 27.7 Å². The quantitative estimate of drug-likeness (QED) is 0.768. The second-order valence-corrected chi connectivity index (χ2v) is 4.85. The van der Waals surface area contributed by atoms with Gasteiger partial charge < -0.3 is 10.6 Å². The summed E-state index contributed by atoms with van der Waals surface area (Å²) >= 11 is 0. The Morgan fingerprint density at radius 3 is 2.58 bits per heavy atom. The number of nitrogens with one attached hydrogen (secondary N) is 3. The molecule has 0 spiro atoms. The van der Waals surface area contributed by atoms with Crippen molar-refractivity contribution in [1.29, 1.82) is 0 Å². The van der Waals surface area contributed by atoms with Gasteiger partial charge >= 0.3 is 0 Å². The Hall–Kier alpha value is -2.11. The molecule has 2 heterocycles. The molecule has 0 aliphatic carbocycles.